The molecule has 29 heavy (non-hydrogen) atoms. The first-order chi connectivity index (χ1) is 14.0. The molecule has 0 saturated heterocycles. The molecule has 0 aliphatic heterocycles. The van der Waals surface area contributed by atoms with E-state index >= 15 is 0 Å². The van der Waals surface area contributed by atoms with Crippen LogP contribution in [-0.4, -0.2) is 15.8 Å². The van der Waals surface area contributed by atoms with Crippen molar-refractivity contribution in [1.82, 2.24) is 9.88 Å². The van der Waals surface area contributed by atoms with Gasteiger partial charge in [-0.25, -0.2) is 0 Å². The average molecular weight is 451 g/mol. The van der Waals surface area contributed by atoms with Crippen molar-refractivity contribution >= 4 is 32.7 Å². The van der Waals surface area contributed by atoms with E-state index in [1.54, 1.807) is 23.3 Å². The van der Waals surface area contributed by atoms with Crippen LogP contribution in [0.4, 0.5) is 0 Å². The first kappa shape index (κ1) is 19.2. The minimum absolute atomic E-state index is 0.167. The number of carbonyl (C=O) groups excluding carboxylic acids is 1. The smallest absolute Gasteiger partial charge is 0.255 e. The highest BCUT2D eigenvalue weighted by molar-refractivity contribution is 9.10. The molecule has 2 aromatic carbocycles. The molecule has 0 saturated carbocycles. The Morgan fingerprint density at radius 1 is 1.07 bits per heavy atom. The van der Waals surface area contributed by atoms with Gasteiger partial charge in [0.15, 0.2) is 0 Å². The fourth-order valence-corrected chi connectivity index (χ4v) is 3.74. The molecule has 5 nitrogen and oxygen atoms in total. The van der Waals surface area contributed by atoms with Crippen molar-refractivity contribution in [2.24, 2.45) is 0 Å². The number of aryl methyl sites for hydroxylation is 1. The first-order valence-corrected chi connectivity index (χ1v) is 9.99. The number of pyridine rings is 1. The summed E-state index contributed by atoms with van der Waals surface area (Å²) in [6, 6.07) is 18.6. The summed E-state index contributed by atoms with van der Waals surface area (Å²) in [7, 11) is 0. The molecule has 6 heteroatoms. The Morgan fingerprint density at radius 3 is 2.66 bits per heavy atom. The summed E-state index contributed by atoms with van der Waals surface area (Å²) in [4.78, 5) is 30.5. The average Bonchev–Trinajstić information content (AvgIpc) is 3.21. The SMILES string of the molecule is Cc1ccc2[nH]c(=O)c(CN(Cc3ccco3)C(=O)c3ccccc3Br)cc2c1. The second kappa shape index (κ2) is 8.09. The van der Waals surface area contributed by atoms with Gasteiger partial charge >= 0.3 is 0 Å². The van der Waals surface area contributed by atoms with Gasteiger partial charge < -0.3 is 14.3 Å². The molecular weight excluding hydrogens is 432 g/mol. The number of aromatic amines is 1. The number of halogens is 1. The zero-order valence-corrected chi connectivity index (χ0v) is 17.4. The number of benzene rings is 2. The van der Waals surface area contributed by atoms with Crippen LogP contribution in [0.15, 0.2) is 80.6 Å². The second-order valence-electron chi connectivity index (χ2n) is 6.93. The highest BCUT2D eigenvalue weighted by atomic mass is 79.9. The third kappa shape index (κ3) is 4.17. The molecule has 4 aromatic rings. The van der Waals surface area contributed by atoms with Gasteiger partial charge in [0.05, 0.1) is 24.9 Å². The number of carbonyl (C=O) groups is 1. The number of rotatable bonds is 5. The van der Waals surface area contributed by atoms with Gasteiger partial charge in [0, 0.05) is 15.6 Å². The van der Waals surface area contributed by atoms with Crippen molar-refractivity contribution in [2.45, 2.75) is 20.0 Å². The van der Waals surface area contributed by atoms with Gasteiger partial charge in [0.25, 0.3) is 11.5 Å². The van der Waals surface area contributed by atoms with E-state index in [1.807, 2.05) is 55.5 Å². The molecule has 0 bridgehead atoms. The van der Waals surface area contributed by atoms with Crippen LogP contribution in [0.5, 0.6) is 0 Å². The summed E-state index contributed by atoms with van der Waals surface area (Å²) in [6.45, 7) is 2.43. The van der Waals surface area contributed by atoms with E-state index in [0.29, 0.717) is 21.4 Å². The highest BCUT2D eigenvalue weighted by Gasteiger charge is 2.21. The van der Waals surface area contributed by atoms with Crippen LogP contribution in [-0.2, 0) is 13.1 Å². The van der Waals surface area contributed by atoms with Gasteiger partial charge in [-0.15, -0.1) is 0 Å². The number of nitrogens with one attached hydrogen (secondary N) is 1. The van der Waals surface area contributed by atoms with Crippen molar-refractivity contribution in [3.63, 3.8) is 0 Å². The molecule has 146 valence electrons. The third-order valence-corrected chi connectivity index (χ3v) is 5.45. The molecule has 0 spiro atoms. The molecule has 0 aliphatic carbocycles. The van der Waals surface area contributed by atoms with Crippen LogP contribution in [0.2, 0.25) is 0 Å². The molecule has 1 N–H and O–H groups in total. The Morgan fingerprint density at radius 2 is 1.90 bits per heavy atom. The predicted octanol–water partition coefficient (Wildman–Crippen LogP) is 5.03. The van der Waals surface area contributed by atoms with Gasteiger partial charge in [-0.1, -0.05) is 23.8 Å². The van der Waals surface area contributed by atoms with Crippen LogP contribution in [0.3, 0.4) is 0 Å². The number of H-pyrrole nitrogens is 1. The van der Waals surface area contributed by atoms with Gasteiger partial charge in [-0.05, 0) is 70.7 Å². The topological polar surface area (TPSA) is 66.3 Å². The molecule has 0 unspecified atom stereocenters. The van der Waals surface area contributed by atoms with Crippen LogP contribution in [0.25, 0.3) is 10.9 Å². The Balaban J connectivity index is 1.73. The minimum atomic E-state index is -0.203. The molecule has 0 radical (unpaired) electrons. The van der Waals surface area contributed by atoms with Crippen LogP contribution < -0.4 is 5.56 Å². The zero-order valence-electron chi connectivity index (χ0n) is 15.8. The molecular formula is C23H19BrN2O3. The van der Waals surface area contributed by atoms with Gasteiger partial charge in [-0.3, -0.25) is 9.59 Å². The molecule has 1 amide bonds. The fraction of sp³-hybridized carbons (Fsp3) is 0.130. The molecule has 0 aliphatic rings. The second-order valence-corrected chi connectivity index (χ2v) is 7.79. The first-order valence-electron chi connectivity index (χ1n) is 9.20. The van der Waals surface area contributed by atoms with Crippen molar-refractivity contribution < 1.29 is 9.21 Å². The van der Waals surface area contributed by atoms with Crippen LogP contribution in [0, 0.1) is 6.92 Å². The number of fused-ring (bicyclic) bond motifs is 1. The van der Waals surface area contributed by atoms with Crippen molar-refractivity contribution in [3.05, 3.63) is 104 Å². The Bertz CT molecular complexity index is 1230. The number of nitrogens with zero attached hydrogens (tertiary/aromatic N) is 1. The Hall–Kier alpha value is -3.12. The van der Waals surface area contributed by atoms with E-state index in [4.69, 9.17) is 4.42 Å². The maximum absolute atomic E-state index is 13.3. The largest absolute Gasteiger partial charge is 0.467 e. The summed E-state index contributed by atoms with van der Waals surface area (Å²) in [5, 5.41) is 0.936. The zero-order chi connectivity index (χ0) is 20.4. The van der Waals surface area contributed by atoms with E-state index in [1.165, 1.54) is 0 Å². The van der Waals surface area contributed by atoms with Gasteiger partial charge in [0.2, 0.25) is 0 Å². The number of hydrogen-bond donors (Lipinski definition) is 1. The maximum Gasteiger partial charge on any atom is 0.255 e. The van der Waals surface area contributed by atoms with Crippen molar-refractivity contribution in [3.8, 4) is 0 Å². The lowest BCUT2D eigenvalue weighted by molar-refractivity contribution is 0.0716. The van der Waals surface area contributed by atoms with E-state index in [-0.39, 0.29) is 24.6 Å². The highest BCUT2D eigenvalue weighted by Crippen LogP contribution is 2.21. The Labute approximate surface area is 176 Å². The lowest BCUT2D eigenvalue weighted by Crippen LogP contribution is -2.32. The normalized spacial score (nSPS) is 11.0. The fourth-order valence-electron chi connectivity index (χ4n) is 3.29. The summed E-state index contributed by atoms with van der Waals surface area (Å²) in [5.41, 5.74) is 2.74. The molecule has 4 rings (SSSR count). The predicted molar refractivity (Wildman–Crippen MR) is 116 cm³/mol. The Kier molecular flexibility index (Phi) is 5.36. The number of amides is 1. The molecule has 2 heterocycles. The number of hydrogen-bond acceptors (Lipinski definition) is 3. The third-order valence-electron chi connectivity index (χ3n) is 4.76. The molecule has 2 aromatic heterocycles. The standard InChI is InChI=1S/C23H19BrN2O3/c1-15-8-9-21-16(11-15)12-17(22(27)25-21)13-26(14-18-5-4-10-29-18)23(28)19-6-2-3-7-20(19)24/h2-12H,13-14H2,1H3,(H,25,27). The summed E-state index contributed by atoms with van der Waals surface area (Å²) in [6.07, 6.45) is 1.57. The maximum atomic E-state index is 13.3. The monoisotopic (exact) mass is 450 g/mol. The van der Waals surface area contributed by atoms with Crippen molar-refractivity contribution in [2.75, 3.05) is 0 Å². The molecule has 0 atom stereocenters. The summed E-state index contributed by atoms with van der Waals surface area (Å²) >= 11 is 3.44. The number of furan rings is 1. The van der Waals surface area contributed by atoms with E-state index in [0.717, 1.165) is 16.5 Å². The summed E-state index contributed by atoms with van der Waals surface area (Å²) < 4.78 is 6.15. The quantitative estimate of drug-likeness (QED) is 0.463. The van der Waals surface area contributed by atoms with E-state index in [2.05, 4.69) is 20.9 Å². The molecule has 0 fully saturated rings. The van der Waals surface area contributed by atoms with Crippen LogP contribution in [0.1, 0.15) is 27.2 Å². The van der Waals surface area contributed by atoms with E-state index < -0.39 is 0 Å². The summed E-state index contributed by atoms with van der Waals surface area (Å²) in [5.74, 6) is 0.469. The number of aromatic nitrogens is 1. The lowest BCUT2D eigenvalue weighted by atomic mass is 10.1. The van der Waals surface area contributed by atoms with Gasteiger partial charge in [-0.2, -0.15) is 0 Å². The van der Waals surface area contributed by atoms with Crippen molar-refractivity contribution in [1.29, 1.82) is 0 Å². The van der Waals surface area contributed by atoms with Crippen LogP contribution >= 0.6 is 15.9 Å². The lowest BCUT2D eigenvalue weighted by Gasteiger charge is -2.22. The minimum Gasteiger partial charge on any atom is -0.467 e. The van der Waals surface area contributed by atoms with E-state index in [9.17, 15) is 9.59 Å². The van der Waals surface area contributed by atoms with Gasteiger partial charge in [0.1, 0.15) is 5.76 Å².